The molecule has 0 atom stereocenters. The molecule has 0 aliphatic heterocycles. The van der Waals surface area contributed by atoms with Gasteiger partial charge < -0.3 is 10.1 Å². The monoisotopic (exact) mass is 302 g/mol. The van der Waals surface area contributed by atoms with Crippen molar-refractivity contribution in [1.82, 2.24) is 0 Å². The van der Waals surface area contributed by atoms with Gasteiger partial charge in [0.1, 0.15) is 6.07 Å². The van der Waals surface area contributed by atoms with Gasteiger partial charge in [-0.25, -0.2) is 0 Å². The summed E-state index contributed by atoms with van der Waals surface area (Å²) >= 11 is 0. The van der Waals surface area contributed by atoms with Gasteiger partial charge in [0.25, 0.3) is 0 Å². The van der Waals surface area contributed by atoms with Crippen molar-refractivity contribution in [3.05, 3.63) is 29.8 Å². The number of hydrogen-bond acceptors (Lipinski definition) is 4. The maximum Gasteiger partial charge on any atom is 0.305 e. The lowest BCUT2D eigenvalue weighted by molar-refractivity contribution is -0.140. The number of esters is 1. The topological polar surface area (TPSA) is 79.2 Å². The Hall–Kier alpha value is -2.35. The quantitative estimate of drug-likeness (QED) is 0.560. The molecule has 22 heavy (non-hydrogen) atoms. The molecule has 0 spiro atoms. The zero-order chi connectivity index (χ0) is 16.2. The van der Waals surface area contributed by atoms with E-state index in [2.05, 4.69) is 16.1 Å². The molecule has 0 bridgehead atoms. The molecular formula is C17H22N2O3. The Labute approximate surface area is 131 Å². The smallest absolute Gasteiger partial charge is 0.305 e. The number of ether oxygens (including phenoxy) is 1. The van der Waals surface area contributed by atoms with E-state index in [-0.39, 0.29) is 11.9 Å². The highest BCUT2D eigenvalue weighted by molar-refractivity contribution is 5.92. The molecular weight excluding hydrogens is 280 g/mol. The van der Waals surface area contributed by atoms with Gasteiger partial charge in [-0.1, -0.05) is 31.4 Å². The first kappa shape index (κ1) is 17.7. The van der Waals surface area contributed by atoms with Gasteiger partial charge in [-0.15, -0.1) is 0 Å². The maximum absolute atomic E-state index is 11.8. The number of methoxy groups -OCH3 is 1. The Morgan fingerprint density at radius 2 is 1.73 bits per heavy atom. The summed E-state index contributed by atoms with van der Waals surface area (Å²) in [4.78, 5) is 22.7. The van der Waals surface area contributed by atoms with E-state index in [1.54, 1.807) is 24.3 Å². The molecule has 0 radical (unpaired) electrons. The number of para-hydroxylation sites is 1. The summed E-state index contributed by atoms with van der Waals surface area (Å²) in [6.07, 6.45) is 5.45. The summed E-state index contributed by atoms with van der Waals surface area (Å²) in [5, 5.41) is 11.7. The number of amides is 1. The van der Waals surface area contributed by atoms with Crippen LogP contribution in [0.15, 0.2) is 24.3 Å². The molecule has 1 amide bonds. The molecule has 118 valence electrons. The summed E-state index contributed by atoms with van der Waals surface area (Å²) in [5.74, 6) is -0.243. The molecule has 0 unspecified atom stereocenters. The summed E-state index contributed by atoms with van der Waals surface area (Å²) in [6, 6.07) is 9.01. The van der Waals surface area contributed by atoms with Crippen molar-refractivity contribution in [2.75, 3.05) is 12.4 Å². The highest BCUT2D eigenvalue weighted by atomic mass is 16.5. The van der Waals surface area contributed by atoms with Gasteiger partial charge in [0.2, 0.25) is 5.91 Å². The number of anilines is 1. The third-order valence-corrected chi connectivity index (χ3v) is 3.33. The van der Waals surface area contributed by atoms with Gasteiger partial charge in [0.05, 0.1) is 18.4 Å². The molecule has 1 rings (SSSR count). The second kappa shape index (κ2) is 10.4. The van der Waals surface area contributed by atoms with E-state index in [0.717, 1.165) is 32.1 Å². The van der Waals surface area contributed by atoms with E-state index in [0.29, 0.717) is 24.1 Å². The first-order chi connectivity index (χ1) is 10.7. The molecule has 0 heterocycles. The van der Waals surface area contributed by atoms with Crippen LogP contribution in [0.3, 0.4) is 0 Å². The molecule has 1 aromatic rings. The van der Waals surface area contributed by atoms with Crippen molar-refractivity contribution >= 4 is 17.6 Å². The predicted octanol–water partition coefficient (Wildman–Crippen LogP) is 3.40. The van der Waals surface area contributed by atoms with Crippen molar-refractivity contribution in [1.29, 1.82) is 5.26 Å². The fourth-order valence-electron chi connectivity index (χ4n) is 2.09. The van der Waals surface area contributed by atoms with Crippen LogP contribution in [0.25, 0.3) is 0 Å². The van der Waals surface area contributed by atoms with E-state index in [1.807, 2.05) is 0 Å². The van der Waals surface area contributed by atoms with Crippen LogP contribution in [0.5, 0.6) is 0 Å². The maximum atomic E-state index is 11.8. The molecule has 5 nitrogen and oxygen atoms in total. The molecule has 0 aromatic heterocycles. The largest absolute Gasteiger partial charge is 0.469 e. The summed E-state index contributed by atoms with van der Waals surface area (Å²) in [7, 11) is 1.39. The van der Waals surface area contributed by atoms with Crippen LogP contribution in [0.1, 0.15) is 50.5 Å². The number of carbonyl (C=O) groups is 2. The molecule has 0 saturated carbocycles. The molecule has 5 heteroatoms. The van der Waals surface area contributed by atoms with Crippen LogP contribution < -0.4 is 5.32 Å². The summed E-state index contributed by atoms with van der Waals surface area (Å²) < 4.78 is 4.57. The Morgan fingerprint density at radius 3 is 2.41 bits per heavy atom. The average Bonchev–Trinajstić information content (AvgIpc) is 2.54. The number of benzene rings is 1. The standard InChI is InChI=1S/C17H22N2O3/c1-22-17(21)12-6-4-2-3-5-11-16(20)19-15-10-8-7-9-14(15)13-18/h7-10H,2-6,11-12H2,1H3,(H,19,20). The molecule has 1 aromatic carbocycles. The van der Waals surface area contributed by atoms with Crippen molar-refractivity contribution in [3.63, 3.8) is 0 Å². The highest BCUT2D eigenvalue weighted by Crippen LogP contribution is 2.14. The molecule has 0 saturated heterocycles. The molecule has 0 aliphatic carbocycles. The zero-order valence-electron chi connectivity index (χ0n) is 12.9. The zero-order valence-corrected chi connectivity index (χ0v) is 12.9. The van der Waals surface area contributed by atoms with E-state index in [1.165, 1.54) is 7.11 Å². The number of hydrogen-bond donors (Lipinski definition) is 1. The molecule has 1 N–H and O–H groups in total. The van der Waals surface area contributed by atoms with Crippen LogP contribution in [0.2, 0.25) is 0 Å². The lowest BCUT2D eigenvalue weighted by Gasteiger charge is -2.06. The van der Waals surface area contributed by atoms with Crippen LogP contribution >= 0.6 is 0 Å². The van der Waals surface area contributed by atoms with E-state index in [4.69, 9.17) is 5.26 Å². The fraction of sp³-hybridized carbons (Fsp3) is 0.471. The highest BCUT2D eigenvalue weighted by Gasteiger charge is 2.06. The van der Waals surface area contributed by atoms with Crippen LogP contribution in [-0.4, -0.2) is 19.0 Å². The third kappa shape index (κ3) is 6.89. The molecule has 0 aliphatic rings. The van der Waals surface area contributed by atoms with Gasteiger partial charge >= 0.3 is 5.97 Å². The van der Waals surface area contributed by atoms with E-state index < -0.39 is 0 Å². The van der Waals surface area contributed by atoms with E-state index in [9.17, 15) is 9.59 Å². The third-order valence-electron chi connectivity index (χ3n) is 3.33. The van der Waals surface area contributed by atoms with E-state index >= 15 is 0 Å². The minimum Gasteiger partial charge on any atom is -0.469 e. The minimum absolute atomic E-state index is 0.0720. The SMILES string of the molecule is COC(=O)CCCCCCCC(=O)Nc1ccccc1C#N. The van der Waals surface area contributed by atoms with Crippen molar-refractivity contribution < 1.29 is 14.3 Å². The second-order valence-electron chi connectivity index (χ2n) is 5.05. The molecule has 0 fully saturated rings. The number of carbonyl (C=O) groups excluding carboxylic acids is 2. The van der Waals surface area contributed by atoms with Crippen molar-refractivity contribution in [2.24, 2.45) is 0 Å². The van der Waals surface area contributed by atoms with Crippen LogP contribution in [0, 0.1) is 11.3 Å². The summed E-state index contributed by atoms with van der Waals surface area (Å²) in [6.45, 7) is 0. The van der Waals surface area contributed by atoms with Gasteiger partial charge in [0.15, 0.2) is 0 Å². The fourth-order valence-corrected chi connectivity index (χ4v) is 2.09. The van der Waals surface area contributed by atoms with Gasteiger partial charge in [-0.05, 0) is 25.0 Å². The first-order valence-corrected chi connectivity index (χ1v) is 7.53. The summed E-state index contributed by atoms with van der Waals surface area (Å²) in [5.41, 5.74) is 1.03. The Kier molecular flexibility index (Phi) is 8.36. The van der Waals surface area contributed by atoms with Crippen LogP contribution in [0.4, 0.5) is 5.69 Å². The van der Waals surface area contributed by atoms with Gasteiger partial charge in [0, 0.05) is 12.8 Å². The van der Waals surface area contributed by atoms with Crippen molar-refractivity contribution in [3.8, 4) is 6.07 Å². The normalized spacial score (nSPS) is 9.82. The lowest BCUT2D eigenvalue weighted by atomic mass is 10.1. The Balaban J connectivity index is 2.14. The predicted molar refractivity (Wildman–Crippen MR) is 84.1 cm³/mol. The first-order valence-electron chi connectivity index (χ1n) is 7.53. The second-order valence-corrected chi connectivity index (χ2v) is 5.05. The number of unbranched alkanes of at least 4 members (excludes halogenated alkanes) is 4. The lowest BCUT2D eigenvalue weighted by Crippen LogP contribution is -2.12. The average molecular weight is 302 g/mol. The number of rotatable bonds is 9. The van der Waals surface area contributed by atoms with Gasteiger partial charge in [-0.2, -0.15) is 5.26 Å². The Bertz CT molecular complexity index is 535. The van der Waals surface area contributed by atoms with Crippen molar-refractivity contribution in [2.45, 2.75) is 44.9 Å². The number of nitrogens with one attached hydrogen (secondary N) is 1. The number of nitrogens with zero attached hydrogens (tertiary/aromatic N) is 1. The van der Waals surface area contributed by atoms with Crippen LogP contribution in [-0.2, 0) is 14.3 Å². The Morgan fingerprint density at radius 1 is 1.09 bits per heavy atom. The minimum atomic E-state index is -0.171. The number of nitriles is 1. The van der Waals surface area contributed by atoms with Gasteiger partial charge in [-0.3, -0.25) is 9.59 Å².